The molecule has 1 aromatic heterocycles. The summed E-state index contributed by atoms with van der Waals surface area (Å²) in [6.07, 6.45) is 8.52. The maximum Gasteiger partial charge on any atom is 0.0725 e. The molecule has 0 atom stereocenters. The van der Waals surface area contributed by atoms with E-state index < -0.39 is 0 Å². The van der Waals surface area contributed by atoms with Crippen LogP contribution in [-0.4, -0.2) is 4.98 Å². The average Bonchev–Trinajstić information content (AvgIpc) is 3.35. The summed E-state index contributed by atoms with van der Waals surface area (Å²) < 4.78 is 0. The Morgan fingerprint density at radius 3 is 2.15 bits per heavy atom. The monoisotopic (exact) mass is 433 g/mol. The summed E-state index contributed by atoms with van der Waals surface area (Å²) in [7, 11) is 0. The van der Waals surface area contributed by atoms with Gasteiger partial charge in [-0.25, -0.2) is 0 Å². The van der Waals surface area contributed by atoms with Gasteiger partial charge >= 0.3 is 0 Å². The summed E-state index contributed by atoms with van der Waals surface area (Å²) in [5.74, 6) is 0. The molecule has 2 aliphatic rings. The summed E-state index contributed by atoms with van der Waals surface area (Å²) in [5.41, 5.74) is 11.1. The van der Waals surface area contributed by atoms with Gasteiger partial charge in [-0.3, -0.25) is 4.98 Å². The molecule has 0 unspecified atom stereocenters. The van der Waals surface area contributed by atoms with E-state index in [1.807, 2.05) is 6.20 Å². The Hall–Kier alpha value is -4.23. The molecule has 0 saturated heterocycles. The first-order chi connectivity index (χ1) is 16.8. The van der Waals surface area contributed by atoms with Gasteiger partial charge in [-0.2, -0.15) is 0 Å². The summed E-state index contributed by atoms with van der Waals surface area (Å²) >= 11 is 0. The zero-order valence-electron chi connectivity index (χ0n) is 19.0. The number of para-hydroxylation sites is 1. The number of nitrogens with zero attached hydrogens (tertiary/aromatic N) is 1. The highest BCUT2D eigenvalue weighted by atomic mass is 14.7. The molecule has 2 aliphatic carbocycles. The largest absolute Gasteiger partial charge is 0.256 e. The van der Waals surface area contributed by atoms with Gasteiger partial charge in [0.05, 0.1) is 10.9 Å². The minimum absolute atomic E-state index is 0.377. The molecule has 1 heterocycles. The number of rotatable bonds is 2. The normalized spacial score (nSPS) is 15.3. The highest BCUT2D eigenvalue weighted by Gasteiger charge is 2.52. The van der Waals surface area contributed by atoms with Crippen molar-refractivity contribution in [3.63, 3.8) is 0 Å². The van der Waals surface area contributed by atoms with Gasteiger partial charge < -0.3 is 0 Å². The lowest BCUT2D eigenvalue weighted by Crippen LogP contribution is -2.26. The topological polar surface area (TPSA) is 12.9 Å². The van der Waals surface area contributed by atoms with Gasteiger partial charge in [0.1, 0.15) is 0 Å². The van der Waals surface area contributed by atoms with Crippen molar-refractivity contribution in [3.05, 3.63) is 144 Å². The number of hydrogen-bond donors (Lipinski definition) is 0. The lowest BCUT2D eigenvalue weighted by Gasteiger charge is -2.31. The first-order valence-corrected chi connectivity index (χ1v) is 11.8. The Labute approximate surface area is 199 Å². The van der Waals surface area contributed by atoms with Crippen molar-refractivity contribution in [2.24, 2.45) is 0 Å². The SMILES string of the molecule is C=CC1=C(/C=C\C)c2c(ccc3cnc4ccccc4c23)C12c1ccccc1-c1ccccc12. The van der Waals surface area contributed by atoms with Crippen LogP contribution in [0.5, 0.6) is 0 Å². The highest BCUT2D eigenvalue weighted by Crippen LogP contribution is 2.63. The van der Waals surface area contributed by atoms with Gasteiger partial charge in [-0.05, 0) is 57.5 Å². The number of allylic oxidation sites excluding steroid dienone is 5. The molecule has 0 amide bonds. The molecule has 7 rings (SSSR count). The van der Waals surface area contributed by atoms with Crippen LogP contribution in [0.15, 0.2) is 122 Å². The third-order valence-electron chi connectivity index (χ3n) is 7.61. The van der Waals surface area contributed by atoms with Crippen LogP contribution in [0.1, 0.15) is 29.2 Å². The van der Waals surface area contributed by atoms with E-state index in [1.165, 1.54) is 60.7 Å². The lowest BCUT2D eigenvalue weighted by atomic mass is 9.69. The lowest BCUT2D eigenvalue weighted by molar-refractivity contribution is 0.788. The molecule has 0 N–H and O–H groups in total. The third kappa shape index (κ3) is 2.17. The van der Waals surface area contributed by atoms with Crippen molar-refractivity contribution in [2.45, 2.75) is 12.3 Å². The summed E-state index contributed by atoms with van der Waals surface area (Å²) in [6, 6.07) is 30.8. The van der Waals surface area contributed by atoms with Crippen LogP contribution in [0.25, 0.3) is 38.4 Å². The molecular formula is C33H23N. The van der Waals surface area contributed by atoms with E-state index in [0.29, 0.717) is 0 Å². The van der Waals surface area contributed by atoms with E-state index >= 15 is 0 Å². The van der Waals surface area contributed by atoms with Crippen molar-refractivity contribution in [1.29, 1.82) is 0 Å². The number of benzene rings is 4. The van der Waals surface area contributed by atoms with Crippen molar-refractivity contribution in [1.82, 2.24) is 4.98 Å². The maximum atomic E-state index is 4.75. The fourth-order valence-corrected chi connectivity index (χ4v) is 6.45. The van der Waals surface area contributed by atoms with Crippen LogP contribution in [0.2, 0.25) is 0 Å². The molecule has 160 valence electrons. The molecule has 0 aliphatic heterocycles. The zero-order chi connectivity index (χ0) is 22.9. The van der Waals surface area contributed by atoms with E-state index in [4.69, 9.17) is 4.98 Å². The fourth-order valence-electron chi connectivity index (χ4n) is 6.45. The minimum Gasteiger partial charge on any atom is -0.256 e. The quantitative estimate of drug-likeness (QED) is 0.256. The van der Waals surface area contributed by atoms with Crippen LogP contribution in [0.4, 0.5) is 0 Å². The van der Waals surface area contributed by atoms with Crippen LogP contribution < -0.4 is 0 Å². The second-order valence-corrected chi connectivity index (χ2v) is 9.10. The molecule has 5 aromatic rings. The summed E-state index contributed by atoms with van der Waals surface area (Å²) in [5, 5.41) is 3.63. The predicted octanol–water partition coefficient (Wildman–Crippen LogP) is 8.23. The molecule has 1 spiro atoms. The van der Waals surface area contributed by atoms with Gasteiger partial charge in [-0.15, -0.1) is 0 Å². The predicted molar refractivity (Wildman–Crippen MR) is 143 cm³/mol. The standard InChI is InChI=1S/C33H23N/c1-3-11-24-26(4-2)33(27-15-8-5-12-22(27)23-13-6-9-16-28(23)33)29-19-18-21-20-34-30-17-10-7-14-25(30)31(21)32(24)29/h3-20H,2H2,1H3/b11-3-. The second-order valence-electron chi connectivity index (χ2n) is 9.10. The molecule has 0 saturated carbocycles. The molecule has 34 heavy (non-hydrogen) atoms. The molecule has 0 fully saturated rings. The Balaban J connectivity index is 1.76. The molecule has 0 radical (unpaired) electrons. The molecule has 4 aromatic carbocycles. The average molecular weight is 434 g/mol. The van der Waals surface area contributed by atoms with Gasteiger partial charge in [0.15, 0.2) is 0 Å². The van der Waals surface area contributed by atoms with E-state index in [2.05, 4.69) is 117 Å². The van der Waals surface area contributed by atoms with Gasteiger partial charge in [0.25, 0.3) is 0 Å². The highest BCUT2D eigenvalue weighted by molar-refractivity contribution is 6.15. The second kappa shape index (κ2) is 6.88. The van der Waals surface area contributed by atoms with E-state index in [-0.39, 0.29) is 5.41 Å². The van der Waals surface area contributed by atoms with Crippen molar-refractivity contribution >= 4 is 27.2 Å². The van der Waals surface area contributed by atoms with Crippen molar-refractivity contribution in [2.75, 3.05) is 0 Å². The summed E-state index contributed by atoms with van der Waals surface area (Å²) in [4.78, 5) is 4.75. The first-order valence-electron chi connectivity index (χ1n) is 11.8. The van der Waals surface area contributed by atoms with Crippen molar-refractivity contribution < 1.29 is 0 Å². The summed E-state index contributed by atoms with van der Waals surface area (Å²) in [6.45, 7) is 6.46. The number of hydrogen-bond acceptors (Lipinski definition) is 1. The fraction of sp³-hybridized carbons (Fsp3) is 0.0606. The van der Waals surface area contributed by atoms with Crippen LogP contribution >= 0.6 is 0 Å². The minimum atomic E-state index is -0.377. The Morgan fingerprint density at radius 2 is 1.44 bits per heavy atom. The van der Waals surface area contributed by atoms with Crippen molar-refractivity contribution in [3.8, 4) is 11.1 Å². The Kier molecular flexibility index (Phi) is 3.90. The molecule has 0 bridgehead atoms. The van der Waals surface area contributed by atoms with E-state index in [9.17, 15) is 0 Å². The molecule has 1 nitrogen and oxygen atoms in total. The van der Waals surface area contributed by atoms with Gasteiger partial charge in [0, 0.05) is 22.4 Å². The van der Waals surface area contributed by atoms with E-state index in [1.54, 1.807) is 0 Å². The zero-order valence-corrected chi connectivity index (χ0v) is 19.0. The van der Waals surface area contributed by atoms with Crippen LogP contribution in [0, 0.1) is 0 Å². The van der Waals surface area contributed by atoms with Crippen LogP contribution in [-0.2, 0) is 5.41 Å². The third-order valence-corrected chi connectivity index (χ3v) is 7.61. The number of aromatic nitrogens is 1. The first kappa shape index (κ1) is 19.3. The van der Waals surface area contributed by atoms with Crippen LogP contribution in [0.3, 0.4) is 0 Å². The molecule has 1 heteroatoms. The van der Waals surface area contributed by atoms with E-state index in [0.717, 1.165) is 5.52 Å². The van der Waals surface area contributed by atoms with Gasteiger partial charge in [0.2, 0.25) is 0 Å². The molecular weight excluding hydrogens is 410 g/mol. The Bertz CT molecular complexity index is 1690. The smallest absolute Gasteiger partial charge is 0.0725 e. The maximum absolute atomic E-state index is 4.75. The van der Waals surface area contributed by atoms with Gasteiger partial charge in [-0.1, -0.05) is 104 Å². The number of fused-ring (bicyclic) bond motifs is 11. The Morgan fingerprint density at radius 1 is 0.765 bits per heavy atom. The number of pyridine rings is 1.